The molecule has 1 atom stereocenters. The lowest BCUT2D eigenvalue weighted by Gasteiger charge is -2.17. The van der Waals surface area contributed by atoms with Gasteiger partial charge in [-0.2, -0.15) is 10.2 Å². The molecule has 21 heavy (non-hydrogen) atoms. The number of hydrogen-bond donors (Lipinski definition) is 1. The summed E-state index contributed by atoms with van der Waals surface area (Å²) in [7, 11) is 4.06. The molecule has 0 spiro atoms. The Bertz CT molecular complexity index is 601. The first-order chi connectivity index (χ1) is 9.93. The maximum absolute atomic E-state index is 6.44. The first-order valence-electron chi connectivity index (χ1n) is 7.09. The standard InChI is InChI=1S/C14H23ClN6/c1-5-20-12(8-10(2)18-20)13(16)14-11(15)9-17-21(14)7-6-19(3)4/h8-9,13H,5-7,16H2,1-4H3. The number of hydrogen-bond acceptors (Lipinski definition) is 4. The van der Waals surface area contributed by atoms with E-state index in [1.54, 1.807) is 6.20 Å². The first-order valence-corrected chi connectivity index (χ1v) is 7.47. The Balaban J connectivity index is 2.33. The van der Waals surface area contributed by atoms with E-state index >= 15 is 0 Å². The molecule has 0 aliphatic rings. The third-order valence-corrected chi connectivity index (χ3v) is 3.73. The highest BCUT2D eigenvalue weighted by molar-refractivity contribution is 6.31. The van der Waals surface area contributed by atoms with Crippen molar-refractivity contribution in [3.63, 3.8) is 0 Å². The predicted molar refractivity (Wildman–Crippen MR) is 84.5 cm³/mol. The SMILES string of the molecule is CCn1nc(C)cc1C(N)c1c(Cl)cnn1CCN(C)C. The number of aryl methyl sites for hydroxylation is 2. The highest BCUT2D eigenvalue weighted by Gasteiger charge is 2.22. The molecule has 0 aliphatic heterocycles. The largest absolute Gasteiger partial charge is 0.318 e. The smallest absolute Gasteiger partial charge is 0.0909 e. The average Bonchev–Trinajstić information content (AvgIpc) is 2.98. The molecule has 7 heteroatoms. The van der Waals surface area contributed by atoms with Gasteiger partial charge in [0.05, 0.1) is 40.9 Å². The van der Waals surface area contributed by atoms with Crippen molar-refractivity contribution in [1.29, 1.82) is 0 Å². The Hall–Kier alpha value is -1.37. The number of nitrogens with two attached hydrogens (primary N) is 1. The van der Waals surface area contributed by atoms with Crippen molar-refractivity contribution in [2.45, 2.75) is 33.0 Å². The summed E-state index contributed by atoms with van der Waals surface area (Å²) in [6.07, 6.45) is 1.66. The van der Waals surface area contributed by atoms with Crippen molar-refractivity contribution in [3.8, 4) is 0 Å². The third kappa shape index (κ3) is 3.45. The molecule has 116 valence electrons. The van der Waals surface area contributed by atoms with Gasteiger partial charge in [0, 0.05) is 13.1 Å². The highest BCUT2D eigenvalue weighted by Crippen LogP contribution is 2.27. The zero-order valence-corrected chi connectivity index (χ0v) is 13.8. The molecular weight excluding hydrogens is 288 g/mol. The van der Waals surface area contributed by atoms with Crippen LogP contribution in [0.2, 0.25) is 5.02 Å². The fourth-order valence-electron chi connectivity index (χ4n) is 2.36. The fraction of sp³-hybridized carbons (Fsp3) is 0.571. The molecule has 1 unspecified atom stereocenters. The summed E-state index contributed by atoms with van der Waals surface area (Å²) in [4.78, 5) is 2.10. The van der Waals surface area contributed by atoms with E-state index in [2.05, 4.69) is 15.1 Å². The molecule has 0 radical (unpaired) electrons. The van der Waals surface area contributed by atoms with Crippen LogP contribution in [0, 0.1) is 6.92 Å². The van der Waals surface area contributed by atoms with Gasteiger partial charge in [-0.25, -0.2) is 0 Å². The molecule has 0 amide bonds. The van der Waals surface area contributed by atoms with Crippen LogP contribution >= 0.6 is 11.6 Å². The zero-order valence-electron chi connectivity index (χ0n) is 13.0. The van der Waals surface area contributed by atoms with Crippen molar-refractivity contribution < 1.29 is 0 Å². The molecule has 0 saturated carbocycles. The summed E-state index contributed by atoms with van der Waals surface area (Å²) in [5, 5.41) is 9.39. The number of aromatic nitrogens is 4. The minimum atomic E-state index is -0.330. The van der Waals surface area contributed by atoms with Crippen molar-refractivity contribution in [2.24, 2.45) is 5.73 Å². The maximum atomic E-state index is 6.44. The van der Waals surface area contributed by atoms with Gasteiger partial charge in [-0.3, -0.25) is 9.36 Å². The lowest BCUT2D eigenvalue weighted by Crippen LogP contribution is -2.25. The minimum Gasteiger partial charge on any atom is -0.318 e. The highest BCUT2D eigenvalue weighted by atomic mass is 35.5. The molecule has 0 bridgehead atoms. The summed E-state index contributed by atoms with van der Waals surface area (Å²) < 4.78 is 3.80. The molecule has 0 saturated heterocycles. The van der Waals surface area contributed by atoms with E-state index in [-0.39, 0.29) is 6.04 Å². The van der Waals surface area contributed by atoms with E-state index in [1.165, 1.54) is 0 Å². The van der Waals surface area contributed by atoms with Gasteiger partial charge in [0.15, 0.2) is 0 Å². The lowest BCUT2D eigenvalue weighted by atomic mass is 10.1. The van der Waals surface area contributed by atoms with Crippen molar-refractivity contribution in [1.82, 2.24) is 24.5 Å². The van der Waals surface area contributed by atoms with Gasteiger partial charge in [0.1, 0.15) is 0 Å². The minimum absolute atomic E-state index is 0.330. The van der Waals surface area contributed by atoms with Crippen LogP contribution in [0.25, 0.3) is 0 Å². The summed E-state index contributed by atoms with van der Waals surface area (Å²) in [5.74, 6) is 0. The van der Waals surface area contributed by atoms with Crippen molar-refractivity contribution in [2.75, 3.05) is 20.6 Å². The lowest BCUT2D eigenvalue weighted by molar-refractivity contribution is 0.367. The molecule has 2 rings (SSSR count). The van der Waals surface area contributed by atoms with Gasteiger partial charge in [0.2, 0.25) is 0 Å². The summed E-state index contributed by atoms with van der Waals surface area (Å²) in [6, 6.07) is 1.68. The Labute approximate surface area is 130 Å². The van der Waals surface area contributed by atoms with E-state index in [4.69, 9.17) is 17.3 Å². The molecule has 0 aromatic carbocycles. The number of likely N-dealkylation sites (N-methyl/N-ethyl adjacent to an activating group) is 1. The molecule has 6 nitrogen and oxygen atoms in total. The van der Waals surface area contributed by atoms with Gasteiger partial charge >= 0.3 is 0 Å². The zero-order chi connectivity index (χ0) is 15.6. The Morgan fingerprint density at radius 1 is 1.38 bits per heavy atom. The van der Waals surface area contributed by atoms with Crippen LogP contribution in [0.4, 0.5) is 0 Å². The number of nitrogens with zero attached hydrogens (tertiary/aromatic N) is 5. The monoisotopic (exact) mass is 310 g/mol. The van der Waals surface area contributed by atoms with Crippen LogP contribution in [-0.4, -0.2) is 45.1 Å². The summed E-state index contributed by atoms with van der Waals surface area (Å²) in [5.41, 5.74) is 9.20. The molecule has 2 heterocycles. The van der Waals surface area contributed by atoms with E-state index < -0.39 is 0 Å². The van der Waals surface area contributed by atoms with Crippen LogP contribution < -0.4 is 5.73 Å². The predicted octanol–water partition coefficient (Wildman–Crippen LogP) is 1.67. The van der Waals surface area contributed by atoms with Gasteiger partial charge in [0.25, 0.3) is 0 Å². The summed E-state index contributed by atoms with van der Waals surface area (Å²) >= 11 is 6.30. The average molecular weight is 311 g/mol. The van der Waals surface area contributed by atoms with Crippen LogP contribution in [0.15, 0.2) is 12.3 Å². The van der Waals surface area contributed by atoms with Crippen molar-refractivity contribution >= 4 is 11.6 Å². The fourth-order valence-corrected chi connectivity index (χ4v) is 2.62. The van der Waals surface area contributed by atoms with Gasteiger partial charge in [-0.15, -0.1) is 0 Å². The van der Waals surface area contributed by atoms with Crippen molar-refractivity contribution in [3.05, 3.63) is 34.4 Å². The van der Waals surface area contributed by atoms with E-state index in [9.17, 15) is 0 Å². The van der Waals surface area contributed by atoms with Gasteiger partial charge in [-0.1, -0.05) is 11.6 Å². The van der Waals surface area contributed by atoms with E-state index in [1.807, 2.05) is 43.4 Å². The van der Waals surface area contributed by atoms with Gasteiger partial charge < -0.3 is 10.6 Å². The Morgan fingerprint density at radius 3 is 2.71 bits per heavy atom. The molecule has 2 aromatic rings. The Kier molecular flexibility index (Phi) is 5.03. The van der Waals surface area contributed by atoms with E-state index in [0.29, 0.717) is 5.02 Å². The Morgan fingerprint density at radius 2 is 2.10 bits per heavy atom. The molecular formula is C14H23ClN6. The van der Waals surface area contributed by atoms with Crippen LogP contribution in [-0.2, 0) is 13.1 Å². The molecule has 2 N–H and O–H groups in total. The molecule has 0 fully saturated rings. The van der Waals surface area contributed by atoms with E-state index in [0.717, 1.165) is 36.7 Å². The van der Waals surface area contributed by atoms with Crippen LogP contribution in [0.5, 0.6) is 0 Å². The summed E-state index contributed by atoms with van der Waals surface area (Å²) in [6.45, 7) is 6.42. The number of rotatable bonds is 6. The maximum Gasteiger partial charge on any atom is 0.0909 e. The second kappa shape index (κ2) is 6.60. The van der Waals surface area contributed by atoms with Gasteiger partial charge in [-0.05, 0) is 34.0 Å². The third-order valence-electron chi connectivity index (χ3n) is 3.44. The topological polar surface area (TPSA) is 64.9 Å². The second-order valence-electron chi connectivity index (χ2n) is 5.41. The van der Waals surface area contributed by atoms with Crippen LogP contribution in [0.3, 0.4) is 0 Å². The first kappa shape index (κ1) is 16.0. The normalized spacial score (nSPS) is 13.1. The quantitative estimate of drug-likeness (QED) is 0.881. The number of halogens is 1. The molecule has 0 aliphatic carbocycles. The second-order valence-corrected chi connectivity index (χ2v) is 5.82. The molecule has 2 aromatic heterocycles. The van der Waals surface area contributed by atoms with Crippen LogP contribution in [0.1, 0.15) is 30.0 Å².